The van der Waals surface area contributed by atoms with Gasteiger partial charge in [0.25, 0.3) is 0 Å². The second-order valence-electron chi connectivity index (χ2n) is 25.6. The number of carboxylic acid groups (broad SMARTS) is 2. The summed E-state index contributed by atoms with van der Waals surface area (Å²) in [6.45, 7) is 9.46. The highest BCUT2D eigenvalue weighted by Crippen LogP contribution is 2.21. The average Bonchev–Trinajstić information content (AvgIpc) is 1.62. The van der Waals surface area contributed by atoms with Crippen molar-refractivity contribution < 1.29 is 87.5 Å². The van der Waals surface area contributed by atoms with E-state index in [1.807, 2.05) is 0 Å². The van der Waals surface area contributed by atoms with Crippen LogP contribution in [0.2, 0.25) is 0 Å². The van der Waals surface area contributed by atoms with Gasteiger partial charge in [0.2, 0.25) is 70.9 Å². The van der Waals surface area contributed by atoms with Crippen LogP contribution >= 0.6 is 0 Å². The molecule has 25 N–H and O–H groups in total. The molecule has 12 amide bonds. The minimum Gasteiger partial charge on any atom is -0.481 e. The topological polar surface area (TPSA) is 584 Å². The van der Waals surface area contributed by atoms with E-state index in [9.17, 15) is 87.5 Å². The van der Waals surface area contributed by atoms with E-state index in [-0.39, 0.29) is 51.7 Å². The molecule has 0 aliphatic carbocycles. The number of para-hydroxylation sites is 1. The van der Waals surface area contributed by atoms with Crippen molar-refractivity contribution in [1.82, 2.24) is 68.8 Å². The fourth-order valence-electron chi connectivity index (χ4n) is 9.94. The Morgan fingerprint density at radius 3 is 1.39 bits per heavy atom. The molecule has 0 fully saturated rings. The SMILES string of the molecule is CC[C@H](C)[C@@H](NC(=O)[C@@H](NC(=O)[C@H](CCC(=O)O)NC(=O)[C@H](Cc1ccccc1)NC(=O)[C@@H](CCN)NC(=O)[C@H](CCN)NC(=O)[C@H](CO)NC(=O)[C@@H](Cc1c[nH]c2ccccc12)NC(=O)[C@@H](CO)NC(=O)CNC(=O)[C@@H](CCN)NC(=O)[C@H](N)C(C)(C)C)C(C)C)C(=O)N[C@@H](C)C(=O)O. The molecule has 1 heterocycles. The van der Waals surface area contributed by atoms with Crippen LogP contribution in [0.1, 0.15) is 105 Å². The standard InChI is InChI=1S/C65H101N17O18/c1-9-34(4)51(62(97)72-35(5)64(99)100)82-61(96)50(33(2)3)81-56(91)40(19-20-49(86)87)74-57(92)44(27-36-15-11-10-12-16-36)78-55(90)43(23-26-68)75-54(89)42(22-25-67)76-60(95)47(32-84)80-58(93)45(28-37-29-70-39-18-14-13-17-38(37)39)79-59(94)46(31-83)73-48(85)30-71-53(88)41(21-24-66)77-63(98)52(69)65(6,7)8/h10-18,29,33-35,40-47,50-52,70,83-84H,9,19-28,30-32,66-69H2,1-8H3,(H,71,88)(H,72,97)(H,73,85)(H,74,92)(H,75,89)(H,76,95)(H,77,98)(H,78,90)(H,79,94)(H,80,93)(H,81,91)(H,82,96)(H,86,87)(H,99,100)/t34-,35-,40-,41+,42-,43+,44-,45+,46+,47-,50-,51+,52-/m0/s1. The van der Waals surface area contributed by atoms with E-state index in [4.69, 9.17) is 22.9 Å². The minimum atomic E-state index is -1.86. The first-order valence-corrected chi connectivity index (χ1v) is 32.9. The molecule has 0 unspecified atom stereocenters. The van der Waals surface area contributed by atoms with Crippen molar-refractivity contribution in [3.63, 3.8) is 0 Å². The maximum atomic E-state index is 14.5. The third kappa shape index (κ3) is 27.2. The summed E-state index contributed by atoms with van der Waals surface area (Å²) in [5.74, 6) is -15.5. The van der Waals surface area contributed by atoms with Gasteiger partial charge in [0, 0.05) is 36.4 Å². The zero-order valence-corrected chi connectivity index (χ0v) is 57.6. The van der Waals surface area contributed by atoms with Gasteiger partial charge in [-0.2, -0.15) is 0 Å². The lowest BCUT2D eigenvalue weighted by atomic mass is 9.87. The lowest BCUT2D eigenvalue weighted by Gasteiger charge is -2.30. The molecule has 0 aliphatic heterocycles. The van der Waals surface area contributed by atoms with Gasteiger partial charge in [0.15, 0.2) is 0 Å². The Bertz CT molecular complexity index is 3290. The van der Waals surface area contributed by atoms with Gasteiger partial charge >= 0.3 is 11.9 Å². The van der Waals surface area contributed by atoms with Gasteiger partial charge in [0.1, 0.15) is 66.5 Å². The largest absolute Gasteiger partial charge is 0.481 e. The van der Waals surface area contributed by atoms with Gasteiger partial charge in [0.05, 0.1) is 25.8 Å². The van der Waals surface area contributed by atoms with Crippen LogP contribution in [0, 0.1) is 17.3 Å². The molecule has 3 rings (SSSR count). The number of aliphatic hydroxyl groups is 2. The summed E-state index contributed by atoms with van der Waals surface area (Å²) in [4.78, 5) is 192. The summed E-state index contributed by atoms with van der Waals surface area (Å²) in [6, 6.07) is -2.74. The van der Waals surface area contributed by atoms with Crippen molar-refractivity contribution >= 4 is 93.7 Å². The molecule has 35 nitrogen and oxygen atoms in total. The third-order valence-corrected chi connectivity index (χ3v) is 16.3. The molecule has 0 radical (unpaired) electrons. The maximum Gasteiger partial charge on any atom is 0.325 e. The van der Waals surface area contributed by atoms with Crippen molar-refractivity contribution in [2.75, 3.05) is 39.4 Å². The van der Waals surface area contributed by atoms with Crippen molar-refractivity contribution in [3.8, 4) is 0 Å². The van der Waals surface area contributed by atoms with Crippen LogP contribution < -0.4 is 86.7 Å². The molecular formula is C65H101N17O18. The van der Waals surface area contributed by atoms with Crippen molar-refractivity contribution in [2.45, 2.75) is 179 Å². The number of nitrogens with one attached hydrogen (secondary N) is 13. The van der Waals surface area contributed by atoms with Gasteiger partial charge < -0.3 is 112 Å². The lowest BCUT2D eigenvalue weighted by Crippen LogP contribution is -2.62. The first kappa shape index (κ1) is 84.5. The van der Waals surface area contributed by atoms with Gasteiger partial charge in [-0.1, -0.05) is 103 Å². The number of carboxylic acids is 2. The number of hydrogen-bond donors (Lipinski definition) is 21. The van der Waals surface area contributed by atoms with Crippen molar-refractivity contribution in [2.24, 2.45) is 40.2 Å². The number of carbonyl (C=O) groups excluding carboxylic acids is 12. The van der Waals surface area contributed by atoms with Gasteiger partial charge in [-0.15, -0.1) is 0 Å². The van der Waals surface area contributed by atoms with Gasteiger partial charge in [-0.05, 0) is 86.7 Å². The number of H-pyrrole nitrogens is 1. The van der Waals surface area contributed by atoms with E-state index in [1.165, 1.54) is 6.92 Å². The van der Waals surface area contributed by atoms with Crippen LogP contribution in [0.15, 0.2) is 60.8 Å². The molecule has 0 saturated carbocycles. The van der Waals surface area contributed by atoms with Crippen molar-refractivity contribution in [3.05, 3.63) is 71.9 Å². The van der Waals surface area contributed by atoms with E-state index in [0.29, 0.717) is 28.5 Å². The third-order valence-electron chi connectivity index (χ3n) is 16.3. The molecule has 0 aliphatic rings. The molecule has 2 aromatic carbocycles. The number of hydrogen-bond acceptors (Lipinski definition) is 20. The number of aromatic amines is 1. The zero-order valence-electron chi connectivity index (χ0n) is 57.6. The fraction of sp³-hybridized carbons (Fsp3) is 0.569. The Morgan fingerprint density at radius 1 is 0.480 bits per heavy atom. The number of aliphatic hydroxyl groups excluding tert-OH is 2. The lowest BCUT2D eigenvalue weighted by molar-refractivity contribution is -0.142. The average molecular weight is 1410 g/mol. The van der Waals surface area contributed by atoms with Crippen LogP contribution in [0.3, 0.4) is 0 Å². The molecule has 100 heavy (non-hydrogen) atoms. The molecular weight excluding hydrogens is 1310 g/mol. The predicted octanol–water partition coefficient (Wildman–Crippen LogP) is -5.52. The summed E-state index contributed by atoms with van der Waals surface area (Å²) in [7, 11) is 0. The van der Waals surface area contributed by atoms with Crippen LogP contribution in [0.5, 0.6) is 0 Å². The van der Waals surface area contributed by atoms with Crippen LogP contribution in [0.25, 0.3) is 10.9 Å². The Labute approximate surface area is 578 Å². The van der Waals surface area contributed by atoms with Crippen LogP contribution in [-0.4, -0.2) is 220 Å². The number of amides is 12. The number of nitrogens with two attached hydrogens (primary N) is 4. The minimum absolute atomic E-state index is 0.0317. The molecule has 0 saturated heterocycles. The molecule has 13 atom stereocenters. The van der Waals surface area contributed by atoms with E-state index in [0.717, 1.165) is 0 Å². The normalized spacial score (nSPS) is 15.3. The van der Waals surface area contributed by atoms with E-state index in [2.05, 4.69) is 68.8 Å². The maximum absolute atomic E-state index is 14.5. The highest BCUT2D eigenvalue weighted by molar-refractivity contribution is 6.00. The molecule has 0 spiro atoms. The fourth-order valence-corrected chi connectivity index (χ4v) is 9.94. The molecule has 1 aromatic heterocycles. The number of fused-ring (bicyclic) bond motifs is 1. The van der Waals surface area contributed by atoms with E-state index >= 15 is 0 Å². The number of aromatic nitrogens is 1. The number of rotatable bonds is 43. The Balaban J connectivity index is 1.87. The monoisotopic (exact) mass is 1410 g/mol. The highest BCUT2D eigenvalue weighted by atomic mass is 16.4. The first-order valence-electron chi connectivity index (χ1n) is 32.9. The number of carbonyl (C=O) groups is 14. The summed E-state index contributed by atoms with van der Waals surface area (Å²) in [5, 5.41) is 70.0. The molecule has 35 heteroatoms. The quantitative estimate of drug-likeness (QED) is 0.0251. The van der Waals surface area contributed by atoms with Crippen molar-refractivity contribution in [1.29, 1.82) is 0 Å². The Morgan fingerprint density at radius 2 is 0.900 bits per heavy atom. The Kier molecular flexibility index (Phi) is 35.2. The highest BCUT2D eigenvalue weighted by Gasteiger charge is 2.38. The summed E-state index contributed by atoms with van der Waals surface area (Å²) in [5.41, 5.74) is 24.4. The zero-order chi connectivity index (χ0) is 75.1. The summed E-state index contributed by atoms with van der Waals surface area (Å²) in [6.07, 6.45) is -0.486. The second kappa shape index (κ2) is 41.7. The Hall–Kier alpha value is -9.68. The number of aliphatic carboxylic acids is 2. The van der Waals surface area contributed by atoms with E-state index < -0.39 is 205 Å². The molecule has 3 aromatic rings. The summed E-state index contributed by atoms with van der Waals surface area (Å²) >= 11 is 0. The predicted molar refractivity (Wildman–Crippen MR) is 363 cm³/mol. The number of benzene rings is 2. The molecule has 554 valence electrons. The van der Waals surface area contributed by atoms with E-state index in [1.54, 1.807) is 109 Å². The smallest absolute Gasteiger partial charge is 0.325 e. The summed E-state index contributed by atoms with van der Waals surface area (Å²) < 4.78 is 0. The molecule has 0 bridgehead atoms. The first-order chi connectivity index (χ1) is 47.1. The van der Waals surface area contributed by atoms with Gasteiger partial charge in [-0.3, -0.25) is 67.1 Å². The van der Waals surface area contributed by atoms with Crippen LogP contribution in [0.4, 0.5) is 0 Å². The van der Waals surface area contributed by atoms with Gasteiger partial charge in [-0.25, -0.2) is 0 Å². The second-order valence-corrected chi connectivity index (χ2v) is 25.6. The van der Waals surface area contributed by atoms with Crippen LogP contribution in [-0.2, 0) is 80.0 Å².